The Kier molecular flexibility index (Phi) is 3.36. The van der Waals surface area contributed by atoms with E-state index in [1.54, 1.807) is 0 Å². The molecule has 2 rings (SSSR count). The Morgan fingerprint density at radius 2 is 2.14 bits per heavy atom. The van der Waals surface area contributed by atoms with Gasteiger partial charge in [-0.1, -0.05) is 0 Å². The number of nitrogens with zero attached hydrogens (tertiary/aromatic N) is 2. The van der Waals surface area contributed by atoms with Gasteiger partial charge in [0.15, 0.2) is 0 Å². The molecule has 3 nitrogen and oxygen atoms in total. The second-order valence-corrected chi connectivity index (χ2v) is 4.43. The normalized spacial score (nSPS) is 35.6. The fourth-order valence-electron chi connectivity index (χ4n) is 2.14. The average Bonchev–Trinajstić information content (AvgIpc) is 2.72. The predicted molar refractivity (Wildman–Crippen MR) is 52.9 cm³/mol. The van der Waals surface area contributed by atoms with Gasteiger partial charge < -0.3 is 9.64 Å². The topological polar surface area (TPSA) is 15.7 Å². The molecule has 0 aromatic rings. The van der Waals surface area contributed by atoms with Crippen LogP contribution in [0.5, 0.6) is 0 Å². The van der Waals surface area contributed by atoms with E-state index in [-0.39, 0.29) is 0 Å². The fraction of sp³-hybridized carbons (Fsp3) is 1.00. The van der Waals surface area contributed by atoms with Crippen molar-refractivity contribution in [1.82, 2.24) is 9.80 Å². The second kappa shape index (κ2) is 4.55. The maximum atomic E-state index is 12.8. The second-order valence-electron chi connectivity index (χ2n) is 4.43. The molecule has 2 aliphatic heterocycles. The fourth-order valence-corrected chi connectivity index (χ4v) is 2.14. The van der Waals surface area contributed by atoms with Gasteiger partial charge in [-0.15, -0.1) is 0 Å². The summed E-state index contributed by atoms with van der Waals surface area (Å²) in [5.41, 5.74) is 0. The van der Waals surface area contributed by atoms with Crippen molar-refractivity contribution in [3.63, 3.8) is 0 Å². The van der Waals surface area contributed by atoms with Crippen LogP contribution in [0.4, 0.5) is 4.39 Å². The third kappa shape index (κ3) is 2.65. The summed E-state index contributed by atoms with van der Waals surface area (Å²) in [6.45, 7) is 4.16. The third-order valence-electron chi connectivity index (χ3n) is 3.06. The summed E-state index contributed by atoms with van der Waals surface area (Å²) >= 11 is 0. The van der Waals surface area contributed by atoms with Crippen molar-refractivity contribution in [2.45, 2.75) is 25.1 Å². The molecule has 0 radical (unpaired) electrons. The smallest absolute Gasteiger partial charge is 0.114 e. The molecule has 2 aliphatic rings. The highest BCUT2D eigenvalue weighted by atomic mass is 19.1. The van der Waals surface area contributed by atoms with Crippen LogP contribution in [0, 0.1) is 0 Å². The minimum Gasteiger partial charge on any atom is -0.361 e. The van der Waals surface area contributed by atoms with Crippen LogP contribution >= 0.6 is 0 Å². The van der Waals surface area contributed by atoms with E-state index in [9.17, 15) is 4.39 Å². The zero-order chi connectivity index (χ0) is 9.97. The summed E-state index contributed by atoms with van der Waals surface area (Å²) < 4.78 is 18.6. The summed E-state index contributed by atoms with van der Waals surface area (Å²) in [6, 6.07) is 0. The molecule has 2 unspecified atom stereocenters. The molecule has 4 heteroatoms. The van der Waals surface area contributed by atoms with E-state index in [1.807, 2.05) is 0 Å². The molecular formula is C10H19FN2O. The summed E-state index contributed by atoms with van der Waals surface area (Å²) in [4.78, 5) is 4.33. The third-order valence-corrected chi connectivity index (χ3v) is 3.06. The van der Waals surface area contributed by atoms with Gasteiger partial charge in [0.2, 0.25) is 0 Å². The Hall–Kier alpha value is -0.190. The molecule has 14 heavy (non-hydrogen) atoms. The lowest BCUT2D eigenvalue weighted by Crippen LogP contribution is -2.29. The van der Waals surface area contributed by atoms with E-state index in [0.29, 0.717) is 25.8 Å². The minimum atomic E-state index is -0.634. The number of halogens is 1. The monoisotopic (exact) mass is 202 g/mol. The van der Waals surface area contributed by atoms with E-state index in [1.165, 1.54) is 0 Å². The molecule has 0 N–H and O–H groups in total. The highest BCUT2D eigenvalue weighted by molar-refractivity contribution is 4.75. The lowest BCUT2D eigenvalue weighted by Gasteiger charge is -2.18. The first-order chi connectivity index (χ1) is 6.74. The first-order valence-electron chi connectivity index (χ1n) is 5.40. The number of ether oxygens (including phenoxy) is 1. The van der Waals surface area contributed by atoms with Crippen LogP contribution in [-0.4, -0.2) is 62.0 Å². The molecule has 2 fully saturated rings. The number of likely N-dealkylation sites (tertiary alicyclic amines) is 2. The van der Waals surface area contributed by atoms with E-state index >= 15 is 0 Å². The van der Waals surface area contributed by atoms with Crippen LogP contribution in [0.2, 0.25) is 0 Å². The molecule has 0 aromatic heterocycles. The van der Waals surface area contributed by atoms with Gasteiger partial charge in [0.25, 0.3) is 0 Å². The van der Waals surface area contributed by atoms with Gasteiger partial charge in [-0.25, -0.2) is 4.39 Å². The van der Waals surface area contributed by atoms with E-state index < -0.39 is 6.17 Å². The first kappa shape index (κ1) is 10.3. The van der Waals surface area contributed by atoms with Crippen molar-refractivity contribution in [3.8, 4) is 0 Å². The zero-order valence-electron chi connectivity index (χ0n) is 8.79. The maximum Gasteiger partial charge on any atom is 0.114 e. The number of hydrogen-bond acceptors (Lipinski definition) is 3. The lowest BCUT2D eigenvalue weighted by atomic mass is 10.3. The molecule has 0 aromatic carbocycles. The largest absolute Gasteiger partial charge is 0.361 e. The van der Waals surface area contributed by atoms with Crippen LogP contribution in [0.25, 0.3) is 0 Å². The summed E-state index contributed by atoms with van der Waals surface area (Å²) in [7, 11) is 2.11. The molecule has 0 amide bonds. The molecule has 0 bridgehead atoms. The zero-order valence-corrected chi connectivity index (χ0v) is 8.79. The Balaban J connectivity index is 1.63. The van der Waals surface area contributed by atoms with Gasteiger partial charge in [-0.3, -0.25) is 4.90 Å². The van der Waals surface area contributed by atoms with Gasteiger partial charge in [0, 0.05) is 26.2 Å². The number of rotatable bonds is 3. The van der Waals surface area contributed by atoms with Crippen molar-refractivity contribution in [3.05, 3.63) is 0 Å². The number of alkyl halides is 1. The molecule has 2 atom stereocenters. The van der Waals surface area contributed by atoms with Crippen molar-refractivity contribution >= 4 is 0 Å². The van der Waals surface area contributed by atoms with Crippen molar-refractivity contribution < 1.29 is 9.13 Å². The Labute approximate surface area is 84.8 Å². The van der Waals surface area contributed by atoms with Crippen LogP contribution in [-0.2, 0) is 4.74 Å². The van der Waals surface area contributed by atoms with Crippen molar-refractivity contribution in [1.29, 1.82) is 0 Å². The molecule has 82 valence electrons. The average molecular weight is 202 g/mol. The van der Waals surface area contributed by atoms with Gasteiger partial charge in [-0.05, 0) is 19.9 Å². The standard InChI is InChI=1S/C10H19FN2O/c1-12-4-3-10(7-12)14-8-13-5-2-9(11)6-13/h9-10H,2-8H2,1H3. The predicted octanol–water partition coefficient (Wildman–Crippen LogP) is 0.708. The minimum absolute atomic E-state index is 0.360. The molecule has 0 saturated carbocycles. The van der Waals surface area contributed by atoms with Crippen LogP contribution < -0.4 is 0 Å². The van der Waals surface area contributed by atoms with Gasteiger partial charge >= 0.3 is 0 Å². The van der Waals surface area contributed by atoms with Gasteiger partial charge in [0.05, 0.1) is 12.8 Å². The Bertz CT molecular complexity index is 171. The molecule has 0 spiro atoms. The Morgan fingerprint density at radius 1 is 1.29 bits per heavy atom. The first-order valence-corrected chi connectivity index (χ1v) is 5.40. The number of hydrogen-bond donors (Lipinski definition) is 0. The molecular weight excluding hydrogens is 183 g/mol. The quantitative estimate of drug-likeness (QED) is 0.670. The van der Waals surface area contributed by atoms with Crippen LogP contribution in [0.3, 0.4) is 0 Å². The Morgan fingerprint density at radius 3 is 2.71 bits per heavy atom. The highest BCUT2D eigenvalue weighted by Gasteiger charge is 2.24. The molecule has 0 aliphatic carbocycles. The maximum absolute atomic E-state index is 12.8. The van der Waals surface area contributed by atoms with Crippen molar-refractivity contribution in [2.24, 2.45) is 0 Å². The van der Waals surface area contributed by atoms with E-state index in [2.05, 4.69) is 16.8 Å². The van der Waals surface area contributed by atoms with Crippen molar-refractivity contribution in [2.75, 3.05) is 40.0 Å². The van der Waals surface area contributed by atoms with Gasteiger partial charge in [0.1, 0.15) is 6.17 Å². The van der Waals surface area contributed by atoms with Crippen LogP contribution in [0.1, 0.15) is 12.8 Å². The summed E-state index contributed by atoms with van der Waals surface area (Å²) in [5, 5.41) is 0. The van der Waals surface area contributed by atoms with E-state index in [4.69, 9.17) is 4.74 Å². The van der Waals surface area contributed by atoms with Crippen LogP contribution in [0.15, 0.2) is 0 Å². The molecule has 2 saturated heterocycles. The highest BCUT2D eigenvalue weighted by Crippen LogP contribution is 2.15. The number of likely N-dealkylation sites (N-methyl/N-ethyl adjacent to an activating group) is 1. The molecule has 2 heterocycles. The summed E-state index contributed by atoms with van der Waals surface area (Å²) in [6.07, 6.45) is 1.51. The van der Waals surface area contributed by atoms with E-state index in [0.717, 1.165) is 26.1 Å². The lowest BCUT2D eigenvalue weighted by molar-refractivity contribution is -0.00962. The van der Waals surface area contributed by atoms with Gasteiger partial charge in [-0.2, -0.15) is 0 Å². The SMILES string of the molecule is CN1CCC(OCN2CCC(F)C2)C1. The summed E-state index contributed by atoms with van der Waals surface area (Å²) in [5.74, 6) is 0.